The monoisotopic (exact) mass is 401 g/mol. The summed E-state index contributed by atoms with van der Waals surface area (Å²) in [5.41, 5.74) is 1.45. The SMILES string of the molecule is O=C([O-])c1cccc(C(=O)N2CCN(c3ccc(Oc4ccccc4)cc3)CC2)c1. The van der Waals surface area contributed by atoms with Crippen LogP contribution in [-0.4, -0.2) is 43.0 Å². The highest BCUT2D eigenvalue weighted by Crippen LogP contribution is 2.25. The molecule has 1 saturated heterocycles. The number of anilines is 1. The summed E-state index contributed by atoms with van der Waals surface area (Å²) in [7, 11) is 0. The number of carboxylic acid groups (broad SMARTS) is 1. The third-order valence-electron chi connectivity index (χ3n) is 5.09. The van der Waals surface area contributed by atoms with Crippen molar-refractivity contribution in [2.24, 2.45) is 0 Å². The van der Waals surface area contributed by atoms with Gasteiger partial charge < -0.3 is 24.4 Å². The zero-order valence-corrected chi connectivity index (χ0v) is 16.4. The van der Waals surface area contributed by atoms with Gasteiger partial charge in [-0.05, 0) is 54.1 Å². The lowest BCUT2D eigenvalue weighted by Gasteiger charge is -2.36. The number of para-hydroxylation sites is 1. The first-order valence-electron chi connectivity index (χ1n) is 9.79. The fraction of sp³-hybridized carbons (Fsp3) is 0.167. The summed E-state index contributed by atoms with van der Waals surface area (Å²) in [6, 6.07) is 23.5. The van der Waals surface area contributed by atoms with Gasteiger partial charge in [-0.1, -0.05) is 30.3 Å². The highest BCUT2D eigenvalue weighted by Gasteiger charge is 2.22. The fourth-order valence-corrected chi connectivity index (χ4v) is 3.48. The molecule has 6 heteroatoms. The van der Waals surface area contributed by atoms with Crippen molar-refractivity contribution in [3.8, 4) is 11.5 Å². The van der Waals surface area contributed by atoms with Gasteiger partial charge in [0.15, 0.2) is 0 Å². The van der Waals surface area contributed by atoms with Gasteiger partial charge in [-0.2, -0.15) is 0 Å². The molecule has 0 aromatic heterocycles. The van der Waals surface area contributed by atoms with E-state index in [9.17, 15) is 14.7 Å². The highest BCUT2D eigenvalue weighted by atomic mass is 16.5. The molecule has 152 valence electrons. The molecule has 1 aliphatic heterocycles. The van der Waals surface area contributed by atoms with Crippen LogP contribution in [-0.2, 0) is 0 Å². The van der Waals surface area contributed by atoms with E-state index in [1.807, 2.05) is 54.6 Å². The number of carbonyl (C=O) groups excluding carboxylic acids is 2. The number of amides is 1. The fourth-order valence-electron chi connectivity index (χ4n) is 3.48. The third-order valence-corrected chi connectivity index (χ3v) is 5.09. The van der Waals surface area contributed by atoms with Gasteiger partial charge in [0.25, 0.3) is 5.91 Å². The minimum absolute atomic E-state index is 0.0114. The first kappa shape index (κ1) is 19.5. The van der Waals surface area contributed by atoms with E-state index in [4.69, 9.17) is 4.74 Å². The molecule has 1 fully saturated rings. The van der Waals surface area contributed by atoms with E-state index in [0.29, 0.717) is 31.7 Å². The largest absolute Gasteiger partial charge is 0.545 e. The average molecular weight is 401 g/mol. The number of ether oxygens (including phenoxy) is 1. The number of hydrogen-bond acceptors (Lipinski definition) is 5. The van der Waals surface area contributed by atoms with Crippen molar-refractivity contribution in [2.45, 2.75) is 0 Å². The minimum atomic E-state index is -1.28. The Labute approximate surface area is 174 Å². The summed E-state index contributed by atoms with van der Waals surface area (Å²) < 4.78 is 5.83. The third kappa shape index (κ3) is 4.43. The Morgan fingerprint density at radius 1 is 0.733 bits per heavy atom. The number of nitrogens with zero attached hydrogens (tertiary/aromatic N) is 2. The summed E-state index contributed by atoms with van der Waals surface area (Å²) in [5.74, 6) is 0.116. The predicted molar refractivity (Wildman–Crippen MR) is 112 cm³/mol. The zero-order valence-electron chi connectivity index (χ0n) is 16.4. The van der Waals surface area contributed by atoms with Gasteiger partial charge in [-0.3, -0.25) is 4.79 Å². The van der Waals surface area contributed by atoms with E-state index in [0.717, 1.165) is 17.2 Å². The van der Waals surface area contributed by atoms with Crippen LogP contribution in [0, 0.1) is 0 Å². The van der Waals surface area contributed by atoms with Crippen molar-refractivity contribution in [1.29, 1.82) is 0 Å². The molecule has 0 N–H and O–H groups in total. The second kappa shape index (κ2) is 8.69. The van der Waals surface area contributed by atoms with Crippen molar-refractivity contribution in [3.63, 3.8) is 0 Å². The van der Waals surface area contributed by atoms with Gasteiger partial charge in [-0.25, -0.2) is 0 Å². The maximum absolute atomic E-state index is 12.7. The lowest BCUT2D eigenvalue weighted by atomic mass is 10.1. The lowest BCUT2D eigenvalue weighted by molar-refractivity contribution is -0.255. The second-order valence-electron chi connectivity index (χ2n) is 7.06. The Morgan fingerprint density at radius 2 is 1.37 bits per heavy atom. The van der Waals surface area contributed by atoms with Crippen LogP contribution in [0.15, 0.2) is 78.9 Å². The van der Waals surface area contributed by atoms with Crippen LogP contribution in [0.4, 0.5) is 5.69 Å². The Morgan fingerprint density at radius 3 is 2.03 bits per heavy atom. The van der Waals surface area contributed by atoms with E-state index in [1.165, 1.54) is 12.1 Å². The number of carbonyl (C=O) groups is 2. The molecule has 0 spiro atoms. The lowest BCUT2D eigenvalue weighted by Crippen LogP contribution is -2.48. The minimum Gasteiger partial charge on any atom is -0.545 e. The van der Waals surface area contributed by atoms with Crippen LogP contribution in [0.5, 0.6) is 11.5 Å². The summed E-state index contributed by atoms with van der Waals surface area (Å²) in [6.45, 7) is 2.53. The van der Waals surface area contributed by atoms with Gasteiger partial charge in [0, 0.05) is 37.4 Å². The smallest absolute Gasteiger partial charge is 0.253 e. The summed E-state index contributed by atoms with van der Waals surface area (Å²) in [6.07, 6.45) is 0. The van der Waals surface area contributed by atoms with E-state index in [2.05, 4.69) is 4.90 Å². The molecular formula is C24H21N2O4-. The second-order valence-corrected chi connectivity index (χ2v) is 7.06. The normalized spacial score (nSPS) is 13.7. The molecule has 1 amide bonds. The summed E-state index contributed by atoms with van der Waals surface area (Å²) in [4.78, 5) is 27.7. The first-order valence-corrected chi connectivity index (χ1v) is 9.79. The number of carboxylic acids is 1. The number of piperazine rings is 1. The molecule has 3 aromatic carbocycles. The van der Waals surface area contributed by atoms with Crippen LogP contribution in [0.25, 0.3) is 0 Å². The van der Waals surface area contributed by atoms with E-state index in [-0.39, 0.29) is 11.5 Å². The molecule has 6 nitrogen and oxygen atoms in total. The standard InChI is InChI=1S/C24H22N2O4/c27-23(18-5-4-6-19(17-18)24(28)29)26-15-13-25(14-16-26)20-9-11-22(12-10-20)30-21-7-2-1-3-8-21/h1-12,17H,13-16H2,(H,28,29)/p-1. The van der Waals surface area contributed by atoms with Gasteiger partial charge >= 0.3 is 0 Å². The van der Waals surface area contributed by atoms with E-state index in [1.54, 1.807) is 17.0 Å². The van der Waals surface area contributed by atoms with Crippen LogP contribution in [0.2, 0.25) is 0 Å². The van der Waals surface area contributed by atoms with Crippen molar-refractivity contribution < 1.29 is 19.4 Å². The van der Waals surface area contributed by atoms with E-state index >= 15 is 0 Å². The number of benzene rings is 3. The Kier molecular flexibility index (Phi) is 5.66. The molecule has 0 radical (unpaired) electrons. The predicted octanol–water partition coefficient (Wildman–Crippen LogP) is 2.80. The Hall–Kier alpha value is -3.80. The van der Waals surface area contributed by atoms with Crippen LogP contribution < -0.4 is 14.7 Å². The summed E-state index contributed by atoms with van der Waals surface area (Å²) >= 11 is 0. The van der Waals surface area contributed by atoms with Gasteiger partial charge in [0.1, 0.15) is 11.5 Å². The average Bonchev–Trinajstić information content (AvgIpc) is 2.80. The molecule has 3 aromatic rings. The Bertz CT molecular complexity index is 1030. The van der Waals surface area contributed by atoms with Crippen LogP contribution in [0.3, 0.4) is 0 Å². The first-order chi connectivity index (χ1) is 14.6. The number of hydrogen-bond donors (Lipinski definition) is 0. The summed E-state index contributed by atoms with van der Waals surface area (Å²) in [5, 5.41) is 11.0. The number of rotatable bonds is 5. The quantitative estimate of drug-likeness (QED) is 0.657. The molecule has 1 heterocycles. The maximum atomic E-state index is 12.7. The van der Waals surface area contributed by atoms with Gasteiger partial charge in [-0.15, -0.1) is 0 Å². The van der Waals surface area contributed by atoms with Gasteiger partial charge in [0.05, 0.1) is 5.97 Å². The topological polar surface area (TPSA) is 72.9 Å². The van der Waals surface area contributed by atoms with Crippen molar-refractivity contribution in [1.82, 2.24) is 4.90 Å². The van der Waals surface area contributed by atoms with Crippen LogP contribution >= 0.6 is 0 Å². The van der Waals surface area contributed by atoms with Crippen molar-refractivity contribution >= 4 is 17.6 Å². The van der Waals surface area contributed by atoms with Crippen LogP contribution in [0.1, 0.15) is 20.7 Å². The van der Waals surface area contributed by atoms with Gasteiger partial charge in [0.2, 0.25) is 0 Å². The van der Waals surface area contributed by atoms with E-state index < -0.39 is 5.97 Å². The van der Waals surface area contributed by atoms with Crippen molar-refractivity contribution in [2.75, 3.05) is 31.1 Å². The molecular weight excluding hydrogens is 380 g/mol. The molecule has 0 bridgehead atoms. The zero-order chi connectivity index (χ0) is 20.9. The Balaban J connectivity index is 1.35. The maximum Gasteiger partial charge on any atom is 0.253 e. The molecule has 0 saturated carbocycles. The molecule has 0 aliphatic carbocycles. The molecule has 0 unspecified atom stereocenters. The molecule has 4 rings (SSSR count). The number of aromatic carboxylic acids is 1. The highest BCUT2D eigenvalue weighted by molar-refractivity contribution is 5.97. The molecule has 0 atom stereocenters. The molecule has 30 heavy (non-hydrogen) atoms. The van der Waals surface area contributed by atoms with Crippen molar-refractivity contribution in [3.05, 3.63) is 90.0 Å². The molecule has 1 aliphatic rings.